The fourth-order valence-corrected chi connectivity index (χ4v) is 4.71. The van der Waals surface area contributed by atoms with Crippen molar-refractivity contribution in [3.63, 3.8) is 0 Å². The Morgan fingerprint density at radius 2 is 2.10 bits per heavy atom. The van der Waals surface area contributed by atoms with Crippen LogP contribution in [0.2, 0.25) is 5.02 Å². The topological polar surface area (TPSA) is 118 Å². The first-order valence-corrected chi connectivity index (χ1v) is 10.9. The summed E-state index contributed by atoms with van der Waals surface area (Å²) in [6, 6.07) is 1.57. The second-order valence-corrected chi connectivity index (χ2v) is 8.54. The summed E-state index contributed by atoms with van der Waals surface area (Å²) in [6.07, 6.45) is 6.91. The normalized spacial score (nSPS) is 23.1. The minimum atomic E-state index is -1.06. The summed E-state index contributed by atoms with van der Waals surface area (Å²) >= 11 is 6.44. The minimum Gasteiger partial charge on any atom is -0.465 e. The SMILES string of the molecule is COC1CCc2c(-c3cc(NC(=O)[C@H]4CCC[C@@H](NC(=O)O)C4)ncc3Cl)cnn2C1. The highest BCUT2D eigenvalue weighted by Crippen LogP contribution is 2.34. The van der Waals surface area contributed by atoms with Crippen LogP contribution in [-0.2, 0) is 22.5 Å². The number of fused-ring (bicyclic) bond motifs is 1. The molecule has 1 aliphatic carbocycles. The van der Waals surface area contributed by atoms with Gasteiger partial charge in [-0.15, -0.1) is 0 Å². The molecule has 2 aromatic rings. The number of hydrogen-bond acceptors (Lipinski definition) is 5. The third kappa shape index (κ3) is 4.83. The first-order chi connectivity index (χ1) is 14.9. The number of hydrogen-bond donors (Lipinski definition) is 3. The van der Waals surface area contributed by atoms with Crippen molar-refractivity contribution in [3.05, 3.63) is 29.2 Å². The molecular weight excluding hydrogens is 422 g/mol. The van der Waals surface area contributed by atoms with Crippen LogP contribution >= 0.6 is 11.6 Å². The quantitative estimate of drug-likeness (QED) is 0.647. The van der Waals surface area contributed by atoms with Gasteiger partial charge in [0, 0.05) is 42.1 Å². The van der Waals surface area contributed by atoms with Gasteiger partial charge in [-0.2, -0.15) is 5.10 Å². The van der Waals surface area contributed by atoms with Crippen molar-refractivity contribution in [2.45, 2.75) is 57.2 Å². The summed E-state index contributed by atoms with van der Waals surface area (Å²) < 4.78 is 7.40. The van der Waals surface area contributed by atoms with Crippen molar-refractivity contribution >= 4 is 29.4 Å². The Bertz CT molecular complexity index is 979. The number of carbonyl (C=O) groups is 2. The van der Waals surface area contributed by atoms with E-state index in [-0.39, 0.29) is 24.0 Å². The Kier molecular flexibility index (Phi) is 6.43. The molecule has 31 heavy (non-hydrogen) atoms. The Balaban J connectivity index is 1.49. The summed E-state index contributed by atoms with van der Waals surface area (Å²) in [4.78, 5) is 28.0. The van der Waals surface area contributed by atoms with Crippen molar-refractivity contribution in [1.29, 1.82) is 0 Å². The molecule has 0 bridgehead atoms. The number of amides is 2. The van der Waals surface area contributed by atoms with Gasteiger partial charge in [-0.1, -0.05) is 18.0 Å². The van der Waals surface area contributed by atoms with Gasteiger partial charge < -0.3 is 20.5 Å². The molecule has 1 unspecified atom stereocenters. The molecule has 1 fully saturated rings. The predicted molar refractivity (Wildman–Crippen MR) is 115 cm³/mol. The molecule has 2 aromatic heterocycles. The summed E-state index contributed by atoms with van der Waals surface area (Å²) in [5.41, 5.74) is 2.80. The van der Waals surface area contributed by atoms with E-state index in [9.17, 15) is 9.59 Å². The highest BCUT2D eigenvalue weighted by Gasteiger charge is 2.29. The number of carbonyl (C=O) groups excluding carboxylic acids is 1. The Morgan fingerprint density at radius 3 is 2.87 bits per heavy atom. The molecule has 0 spiro atoms. The van der Waals surface area contributed by atoms with Crippen LogP contribution in [0.4, 0.5) is 10.6 Å². The fraction of sp³-hybridized carbons (Fsp3) is 0.524. The van der Waals surface area contributed by atoms with Gasteiger partial charge in [-0.25, -0.2) is 9.78 Å². The molecule has 3 N–H and O–H groups in total. The number of rotatable bonds is 5. The van der Waals surface area contributed by atoms with Crippen LogP contribution in [0.15, 0.2) is 18.5 Å². The Hall–Kier alpha value is -2.65. The van der Waals surface area contributed by atoms with Crippen LogP contribution in [0.1, 0.15) is 37.8 Å². The third-order valence-corrected chi connectivity index (χ3v) is 6.43. The molecule has 0 aromatic carbocycles. The molecule has 3 atom stereocenters. The summed E-state index contributed by atoms with van der Waals surface area (Å²) in [7, 11) is 1.71. The van der Waals surface area contributed by atoms with Crippen LogP contribution in [0.3, 0.4) is 0 Å². The highest BCUT2D eigenvalue weighted by molar-refractivity contribution is 6.33. The number of pyridine rings is 1. The monoisotopic (exact) mass is 447 g/mol. The van der Waals surface area contributed by atoms with E-state index in [1.807, 2.05) is 4.68 Å². The van der Waals surface area contributed by atoms with Crippen molar-refractivity contribution in [1.82, 2.24) is 20.1 Å². The number of aromatic nitrogens is 3. The van der Waals surface area contributed by atoms with E-state index in [1.54, 1.807) is 19.4 Å². The number of ether oxygens (including phenoxy) is 1. The van der Waals surface area contributed by atoms with Crippen molar-refractivity contribution in [3.8, 4) is 11.1 Å². The van der Waals surface area contributed by atoms with Gasteiger partial charge in [0.1, 0.15) is 5.82 Å². The third-order valence-electron chi connectivity index (χ3n) is 6.13. The maximum atomic E-state index is 12.8. The van der Waals surface area contributed by atoms with E-state index < -0.39 is 6.09 Å². The van der Waals surface area contributed by atoms with E-state index in [0.29, 0.717) is 23.8 Å². The molecule has 0 radical (unpaired) electrons. The van der Waals surface area contributed by atoms with Gasteiger partial charge in [0.15, 0.2) is 0 Å². The van der Waals surface area contributed by atoms with Crippen LogP contribution in [0, 0.1) is 5.92 Å². The van der Waals surface area contributed by atoms with Crippen LogP contribution in [0.5, 0.6) is 0 Å². The number of halogens is 1. The first-order valence-electron chi connectivity index (χ1n) is 10.5. The molecule has 3 heterocycles. The molecule has 9 nitrogen and oxygen atoms in total. The average molecular weight is 448 g/mol. The molecule has 2 amide bonds. The van der Waals surface area contributed by atoms with Gasteiger partial charge in [0.05, 0.1) is 23.9 Å². The summed E-state index contributed by atoms with van der Waals surface area (Å²) in [6.45, 7) is 0.700. The molecular formula is C21H26ClN5O4. The summed E-state index contributed by atoms with van der Waals surface area (Å²) in [5.74, 6) is 0.00212. The van der Waals surface area contributed by atoms with Crippen LogP contribution in [-0.4, -0.2) is 51.1 Å². The Morgan fingerprint density at radius 1 is 1.26 bits per heavy atom. The largest absolute Gasteiger partial charge is 0.465 e. The predicted octanol–water partition coefficient (Wildman–Crippen LogP) is 3.32. The van der Waals surface area contributed by atoms with Gasteiger partial charge in [0.2, 0.25) is 5.91 Å². The van der Waals surface area contributed by atoms with Gasteiger partial charge in [-0.3, -0.25) is 9.48 Å². The zero-order valence-electron chi connectivity index (χ0n) is 17.3. The number of nitrogens with one attached hydrogen (secondary N) is 2. The second-order valence-electron chi connectivity index (χ2n) is 8.13. The molecule has 0 saturated heterocycles. The lowest BCUT2D eigenvalue weighted by Gasteiger charge is -2.28. The average Bonchev–Trinajstić information content (AvgIpc) is 3.17. The van der Waals surface area contributed by atoms with Crippen molar-refractivity contribution in [2.75, 3.05) is 12.4 Å². The molecule has 1 saturated carbocycles. The maximum Gasteiger partial charge on any atom is 0.404 e. The zero-order chi connectivity index (χ0) is 22.0. The van der Waals surface area contributed by atoms with Crippen molar-refractivity contribution < 1.29 is 19.4 Å². The lowest BCUT2D eigenvalue weighted by Crippen LogP contribution is -2.40. The number of anilines is 1. The highest BCUT2D eigenvalue weighted by atomic mass is 35.5. The fourth-order valence-electron chi connectivity index (χ4n) is 4.51. The van der Waals surface area contributed by atoms with Gasteiger partial charge in [-0.05, 0) is 38.2 Å². The molecule has 1 aliphatic heterocycles. The standard InChI is InChI=1S/C21H26ClN5O4/c1-31-14-5-6-18-16(9-24-27(18)11-14)15-8-19(23-10-17(15)22)26-20(28)12-3-2-4-13(7-12)25-21(29)30/h8-10,12-14,25H,2-7,11H2,1H3,(H,29,30)(H,23,26,28)/t12-,13+,14?/m0/s1. The summed E-state index contributed by atoms with van der Waals surface area (Å²) in [5, 5.41) is 19.3. The van der Waals surface area contributed by atoms with Crippen LogP contribution < -0.4 is 10.6 Å². The lowest BCUT2D eigenvalue weighted by atomic mass is 9.85. The van der Waals surface area contributed by atoms with Gasteiger partial charge >= 0.3 is 6.09 Å². The van der Waals surface area contributed by atoms with E-state index in [2.05, 4.69) is 20.7 Å². The van der Waals surface area contributed by atoms with E-state index in [0.717, 1.165) is 48.9 Å². The first kappa shape index (κ1) is 21.6. The second kappa shape index (κ2) is 9.23. The van der Waals surface area contributed by atoms with E-state index >= 15 is 0 Å². The lowest BCUT2D eigenvalue weighted by molar-refractivity contribution is -0.121. The smallest absolute Gasteiger partial charge is 0.404 e. The zero-order valence-corrected chi connectivity index (χ0v) is 18.1. The van der Waals surface area contributed by atoms with Crippen LogP contribution in [0.25, 0.3) is 11.1 Å². The molecule has 2 aliphatic rings. The van der Waals surface area contributed by atoms with Crippen molar-refractivity contribution in [2.24, 2.45) is 5.92 Å². The van der Waals surface area contributed by atoms with Gasteiger partial charge in [0.25, 0.3) is 0 Å². The Labute approximate surface area is 185 Å². The van der Waals surface area contributed by atoms with E-state index in [4.69, 9.17) is 21.4 Å². The number of carboxylic acid groups (broad SMARTS) is 1. The maximum absolute atomic E-state index is 12.8. The molecule has 166 valence electrons. The minimum absolute atomic E-state index is 0.151. The molecule has 4 rings (SSSR count). The van der Waals surface area contributed by atoms with E-state index in [1.165, 1.54) is 6.20 Å². The number of methoxy groups -OCH3 is 1. The molecule has 10 heteroatoms. The number of nitrogens with zero attached hydrogens (tertiary/aromatic N) is 3.